The molecular weight excluding hydrogens is 424 g/mol. The number of nitrogens with zero attached hydrogens (tertiary/aromatic N) is 6. The number of hydrogen-bond acceptors (Lipinski definition) is 9. The summed E-state index contributed by atoms with van der Waals surface area (Å²) in [4.78, 5) is 29.0. The lowest BCUT2D eigenvalue weighted by molar-refractivity contribution is 0.0240. The maximum Gasteiger partial charge on any atom is 0.410 e. The Hall–Kier alpha value is -3.69. The molecule has 4 rings (SSSR count). The molecule has 174 valence electrons. The predicted molar refractivity (Wildman–Crippen MR) is 121 cm³/mol. The highest BCUT2D eigenvalue weighted by atomic mass is 16.6. The van der Waals surface area contributed by atoms with Gasteiger partial charge in [-0.3, -0.25) is 0 Å². The number of carbonyl (C=O) groups is 1. The van der Waals surface area contributed by atoms with E-state index in [2.05, 4.69) is 20.1 Å². The summed E-state index contributed by atoms with van der Waals surface area (Å²) in [6.07, 6.45) is 3.05. The molecule has 1 aliphatic rings. The fourth-order valence-corrected chi connectivity index (χ4v) is 3.30. The molecule has 0 unspecified atom stereocenters. The van der Waals surface area contributed by atoms with Gasteiger partial charge in [-0.2, -0.15) is 4.98 Å². The first-order valence-corrected chi connectivity index (χ1v) is 10.8. The molecule has 3 aromatic rings. The minimum Gasteiger partial charge on any atom is -0.486 e. The largest absolute Gasteiger partial charge is 0.486 e. The predicted octanol–water partition coefficient (Wildman–Crippen LogP) is 3.47. The van der Waals surface area contributed by atoms with E-state index in [1.807, 2.05) is 49.9 Å². The van der Waals surface area contributed by atoms with Gasteiger partial charge >= 0.3 is 6.09 Å². The van der Waals surface area contributed by atoms with Gasteiger partial charge in [0.15, 0.2) is 5.75 Å². The number of aryl methyl sites for hydroxylation is 1. The summed E-state index contributed by atoms with van der Waals surface area (Å²) < 4.78 is 16.3. The zero-order chi connectivity index (χ0) is 23.4. The zero-order valence-electron chi connectivity index (χ0n) is 19.3. The minimum atomic E-state index is -0.497. The molecule has 10 nitrogen and oxygen atoms in total. The van der Waals surface area contributed by atoms with Gasteiger partial charge in [-0.25, -0.2) is 14.8 Å². The molecule has 33 heavy (non-hydrogen) atoms. The van der Waals surface area contributed by atoms with Crippen molar-refractivity contribution in [3.05, 3.63) is 48.1 Å². The number of amides is 1. The molecule has 1 saturated heterocycles. The van der Waals surface area contributed by atoms with E-state index in [1.165, 1.54) is 0 Å². The van der Waals surface area contributed by atoms with Crippen molar-refractivity contribution in [3.63, 3.8) is 0 Å². The number of carbonyl (C=O) groups excluding carboxylic acids is 1. The van der Waals surface area contributed by atoms with E-state index in [4.69, 9.17) is 14.0 Å². The van der Waals surface area contributed by atoms with Gasteiger partial charge in [0.1, 0.15) is 12.2 Å². The van der Waals surface area contributed by atoms with Gasteiger partial charge in [-0.1, -0.05) is 29.4 Å². The maximum atomic E-state index is 12.2. The van der Waals surface area contributed by atoms with Crippen LogP contribution in [0.5, 0.6) is 5.75 Å². The van der Waals surface area contributed by atoms with Crippen molar-refractivity contribution in [2.75, 3.05) is 31.1 Å². The van der Waals surface area contributed by atoms with Crippen LogP contribution in [0.2, 0.25) is 0 Å². The molecule has 0 spiro atoms. The van der Waals surface area contributed by atoms with Crippen LogP contribution < -0.4 is 9.64 Å². The summed E-state index contributed by atoms with van der Waals surface area (Å²) in [5, 5.41) is 3.92. The van der Waals surface area contributed by atoms with Crippen LogP contribution in [0.15, 0.2) is 41.2 Å². The molecule has 0 atom stereocenters. The number of piperazine rings is 1. The number of aromatic nitrogens is 4. The van der Waals surface area contributed by atoms with Gasteiger partial charge in [0.2, 0.25) is 17.7 Å². The quantitative estimate of drug-likeness (QED) is 0.575. The summed E-state index contributed by atoms with van der Waals surface area (Å²) in [6, 6.07) is 7.78. The number of rotatable bonds is 5. The molecule has 1 aromatic carbocycles. The van der Waals surface area contributed by atoms with Crippen molar-refractivity contribution in [1.82, 2.24) is 25.0 Å². The summed E-state index contributed by atoms with van der Waals surface area (Å²) >= 11 is 0. The van der Waals surface area contributed by atoms with Crippen molar-refractivity contribution in [1.29, 1.82) is 0 Å². The van der Waals surface area contributed by atoms with Crippen LogP contribution in [0.3, 0.4) is 0 Å². The molecule has 0 saturated carbocycles. The molecule has 0 radical (unpaired) electrons. The Bertz CT molecular complexity index is 1070. The molecule has 10 heteroatoms. The summed E-state index contributed by atoms with van der Waals surface area (Å²) in [5.41, 5.74) is 1.39. The van der Waals surface area contributed by atoms with E-state index in [1.54, 1.807) is 24.2 Å². The Morgan fingerprint density at radius 3 is 2.30 bits per heavy atom. The van der Waals surface area contributed by atoms with Gasteiger partial charge in [-0.15, -0.1) is 0 Å². The average molecular weight is 453 g/mol. The highest BCUT2D eigenvalue weighted by Gasteiger charge is 2.26. The van der Waals surface area contributed by atoms with E-state index >= 15 is 0 Å². The Morgan fingerprint density at radius 2 is 1.73 bits per heavy atom. The monoisotopic (exact) mass is 452 g/mol. The van der Waals surface area contributed by atoms with Crippen molar-refractivity contribution < 1.29 is 18.8 Å². The molecular formula is C23H28N6O4. The van der Waals surface area contributed by atoms with Crippen LogP contribution in [0.4, 0.5) is 10.7 Å². The molecule has 2 aromatic heterocycles. The number of benzene rings is 1. The molecule has 0 aliphatic carbocycles. The lowest BCUT2D eigenvalue weighted by Gasteiger charge is -2.35. The van der Waals surface area contributed by atoms with Gasteiger partial charge < -0.3 is 23.8 Å². The normalized spacial score (nSPS) is 14.3. The smallest absolute Gasteiger partial charge is 0.410 e. The van der Waals surface area contributed by atoms with E-state index in [0.717, 1.165) is 11.1 Å². The summed E-state index contributed by atoms with van der Waals surface area (Å²) in [5.74, 6) is 2.30. The minimum absolute atomic E-state index is 0.285. The summed E-state index contributed by atoms with van der Waals surface area (Å²) in [6.45, 7) is 10.2. The lowest BCUT2D eigenvalue weighted by atomic mass is 10.1. The zero-order valence-corrected chi connectivity index (χ0v) is 19.3. The van der Waals surface area contributed by atoms with Crippen LogP contribution in [0, 0.1) is 6.92 Å². The van der Waals surface area contributed by atoms with Gasteiger partial charge in [0.05, 0.1) is 12.4 Å². The second kappa shape index (κ2) is 9.43. The van der Waals surface area contributed by atoms with Crippen LogP contribution >= 0.6 is 0 Å². The molecule has 1 amide bonds. The van der Waals surface area contributed by atoms with E-state index in [9.17, 15) is 4.79 Å². The Morgan fingerprint density at radius 1 is 1.06 bits per heavy atom. The van der Waals surface area contributed by atoms with E-state index in [-0.39, 0.29) is 6.09 Å². The highest BCUT2D eigenvalue weighted by Crippen LogP contribution is 2.19. The van der Waals surface area contributed by atoms with Crippen LogP contribution in [0.1, 0.15) is 32.2 Å². The van der Waals surface area contributed by atoms with E-state index < -0.39 is 5.60 Å². The molecule has 3 heterocycles. The van der Waals surface area contributed by atoms with Gasteiger partial charge in [-0.05, 0) is 26.3 Å². The molecule has 1 fully saturated rings. The van der Waals surface area contributed by atoms with Gasteiger partial charge in [0.25, 0.3) is 0 Å². The van der Waals surface area contributed by atoms with Crippen molar-refractivity contribution >= 4 is 12.0 Å². The Labute approximate surface area is 192 Å². The SMILES string of the molecule is Cc1nc(-c2ccc(COc3cnc(N4CCN(C(=O)OC(C)(C)C)CC4)nc3)cc2)no1. The van der Waals surface area contributed by atoms with Gasteiger partial charge in [0, 0.05) is 38.7 Å². The molecule has 0 bridgehead atoms. The van der Waals surface area contributed by atoms with Crippen LogP contribution in [-0.2, 0) is 11.3 Å². The Balaban J connectivity index is 1.26. The molecule has 1 aliphatic heterocycles. The van der Waals surface area contributed by atoms with Crippen molar-refractivity contribution in [3.8, 4) is 17.1 Å². The standard InChI is InChI=1S/C23H28N6O4/c1-16-26-20(27-33-16)18-7-5-17(6-8-18)15-31-19-13-24-21(25-14-19)28-9-11-29(12-10-28)22(30)32-23(2,3)4/h5-8,13-14H,9-12,15H2,1-4H3. The first kappa shape index (κ1) is 22.5. The van der Waals surface area contributed by atoms with E-state index in [0.29, 0.717) is 56.2 Å². The highest BCUT2D eigenvalue weighted by molar-refractivity contribution is 5.68. The number of ether oxygens (including phenoxy) is 2. The third kappa shape index (κ3) is 5.97. The number of hydrogen-bond donors (Lipinski definition) is 0. The fraction of sp³-hybridized carbons (Fsp3) is 0.435. The first-order valence-electron chi connectivity index (χ1n) is 10.8. The Kier molecular flexibility index (Phi) is 6.43. The second-order valence-corrected chi connectivity index (χ2v) is 8.80. The fourth-order valence-electron chi connectivity index (χ4n) is 3.30. The average Bonchev–Trinajstić information content (AvgIpc) is 3.24. The van der Waals surface area contributed by atoms with Crippen molar-refractivity contribution in [2.24, 2.45) is 0 Å². The van der Waals surface area contributed by atoms with Crippen molar-refractivity contribution in [2.45, 2.75) is 39.9 Å². The van der Waals surface area contributed by atoms with Crippen LogP contribution in [-0.4, -0.2) is 62.9 Å². The third-order valence-corrected chi connectivity index (χ3v) is 4.97. The second-order valence-electron chi connectivity index (χ2n) is 8.80. The molecule has 0 N–H and O–H groups in total. The maximum absolute atomic E-state index is 12.2. The number of anilines is 1. The lowest BCUT2D eigenvalue weighted by Crippen LogP contribution is -2.50. The first-order chi connectivity index (χ1) is 15.8. The summed E-state index contributed by atoms with van der Waals surface area (Å²) in [7, 11) is 0. The van der Waals surface area contributed by atoms with Crippen LogP contribution in [0.25, 0.3) is 11.4 Å². The third-order valence-electron chi connectivity index (χ3n) is 4.97. The topological polar surface area (TPSA) is 107 Å².